The molecule has 1 aliphatic heterocycles. The van der Waals surface area contributed by atoms with Crippen LogP contribution in [0.5, 0.6) is 0 Å². The zero-order chi connectivity index (χ0) is 20.2. The first-order chi connectivity index (χ1) is 13.6. The Morgan fingerprint density at radius 1 is 0.964 bits per heavy atom. The predicted molar refractivity (Wildman–Crippen MR) is 110 cm³/mol. The average molecular weight is 388 g/mol. The molecule has 1 aliphatic rings. The highest BCUT2D eigenvalue weighted by molar-refractivity contribution is 5.94. The normalized spacial score (nSPS) is 14.5. The van der Waals surface area contributed by atoms with E-state index in [2.05, 4.69) is 17.6 Å². The van der Waals surface area contributed by atoms with E-state index in [-0.39, 0.29) is 23.6 Å². The summed E-state index contributed by atoms with van der Waals surface area (Å²) in [7, 11) is 0. The molecule has 2 rings (SSSR count). The van der Waals surface area contributed by atoms with Crippen molar-refractivity contribution in [2.24, 2.45) is 5.92 Å². The molecule has 1 aromatic carbocycles. The summed E-state index contributed by atoms with van der Waals surface area (Å²) >= 11 is 0. The third kappa shape index (κ3) is 7.33. The van der Waals surface area contributed by atoms with E-state index in [4.69, 9.17) is 0 Å². The molecule has 1 fully saturated rings. The summed E-state index contributed by atoms with van der Waals surface area (Å²) in [6.07, 6.45) is 5.82. The van der Waals surface area contributed by atoms with Gasteiger partial charge in [0.25, 0.3) is 5.91 Å². The first-order valence-electron chi connectivity index (χ1n) is 10.5. The van der Waals surface area contributed by atoms with Gasteiger partial charge < -0.3 is 15.5 Å². The molecule has 6 heteroatoms. The second kappa shape index (κ2) is 12.2. The minimum atomic E-state index is -0.112. The Morgan fingerprint density at radius 2 is 1.64 bits per heavy atom. The number of piperidine rings is 1. The number of carbonyl (C=O) groups is 3. The molecule has 0 spiro atoms. The van der Waals surface area contributed by atoms with Crippen molar-refractivity contribution in [2.45, 2.75) is 51.9 Å². The van der Waals surface area contributed by atoms with Crippen LogP contribution in [0.25, 0.3) is 0 Å². The quantitative estimate of drug-likeness (QED) is 0.606. The average Bonchev–Trinajstić information content (AvgIpc) is 2.74. The monoisotopic (exact) mass is 387 g/mol. The third-order valence-corrected chi connectivity index (χ3v) is 5.19. The van der Waals surface area contributed by atoms with E-state index in [1.165, 1.54) is 0 Å². The van der Waals surface area contributed by atoms with Crippen LogP contribution in [0.2, 0.25) is 0 Å². The molecule has 0 aromatic heterocycles. The van der Waals surface area contributed by atoms with Gasteiger partial charge in [-0.3, -0.25) is 14.4 Å². The maximum atomic E-state index is 12.3. The number of likely N-dealkylation sites (tertiary alicyclic amines) is 1. The SMILES string of the molecule is CCCCCNC(=O)C1CCN(C(=O)CCCNC(=O)c2ccccc2)CC1. The summed E-state index contributed by atoms with van der Waals surface area (Å²) in [5.41, 5.74) is 0.629. The van der Waals surface area contributed by atoms with Crippen molar-refractivity contribution in [3.63, 3.8) is 0 Å². The number of hydrogen-bond donors (Lipinski definition) is 2. The summed E-state index contributed by atoms with van der Waals surface area (Å²) in [6.45, 7) is 4.66. The van der Waals surface area contributed by atoms with Gasteiger partial charge in [0.2, 0.25) is 11.8 Å². The number of rotatable bonds is 10. The molecule has 0 radical (unpaired) electrons. The van der Waals surface area contributed by atoms with Crippen molar-refractivity contribution >= 4 is 17.7 Å². The molecule has 6 nitrogen and oxygen atoms in total. The van der Waals surface area contributed by atoms with E-state index < -0.39 is 0 Å². The van der Waals surface area contributed by atoms with Gasteiger partial charge in [0.15, 0.2) is 0 Å². The smallest absolute Gasteiger partial charge is 0.251 e. The summed E-state index contributed by atoms with van der Waals surface area (Å²) in [4.78, 5) is 38.3. The lowest BCUT2D eigenvalue weighted by atomic mass is 9.95. The fourth-order valence-corrected chi connectivity index (χ4v) is 3.41. The molecule has 1 saturated heterocycles. The van der Waals surface area contributed by atoms with Crippen molar-refractivity contribution in [1.82, 2.24) is 15.5 Å². The maximum Gasteiger partial charge on any atom is 0.251 e. The topological polar surface area (TPSA) is 78.5 Å². The van der Waals surface area contributed by atoms with Crippen LogP contribution in [0, 0.1) is 5.92 Å². The number of nitrogens with one attached hydrogen (secondary N) is 2. The van der Waals surface area contributed by atoms with E-state index in [9.17, 15) is 14.4 Å². The Morgan fingerprint density at radius 3 is 2.32 bits per heavy atom. The van der Waals surface area contributed by atoms with Crippen LogP contribution < -0.4 is 10.6 Å². The van der Waals surface area contributed by atoms with Gasteiger partial charge in [-0.25, -0.2) is 0 Å². The number of hydrogen-bond acceptors (Lipinski definition) is 3. The van der Waals surface area contributed by atoms with Crippen LogP contribution in [0.15, 0.2) is 30.3 Å². The van der Waals surface area contributed by atoms with Crippen LogP contribution in [-0.2, 0) is 9.59 Å². The first kappa shape index (κ1) is 21.9. The van der Waals surface area contributed by atoms with Gasteiger partial charge in [-0.05, 0) is 37.8 Å². The lowest BCUT2D eigenvalue weighted by molar-refractivity contribution is -0.135. The Labute approximate surface area is 168 Å². The van der Waals surface area contributed by atoms with Gasteiger partial charge in [-0.2, -0.15) is 0 Å². The lowest BCUT2D eigenvalue weighted by Crippen LogP contribution is -2.43. The Bertz CT molecular complexity index is 625. The van der Waals surface area contributed by atoms with Crippen molar-refractivity contribution in [3.8, 4) is 0 Å². The number of unbranched alkanes of at least 4 members (excludes halogenated alkanes) is 2. The van der Waals surface area contributed by atoms with Gasteiger partial charge >= 0.3 is 0 Å². The molecule has 0 saturated carbocycles. The van der Waals surface area contributed by atoms with Crippen LogP contribution >= 0.6 is 0 Å². The van der Waals surface area contributed by atoms with Gasteiger partial charge in [-0.1, -0.05) is 38.0 Å². The van der Waals surface area contributed by atoms with Crippen LogP contribution in [0.3, 0.4) is 0 Å². The molecule has 1 heterocycles. The zero-order valence-electron chi connectivity index (χ0n) is 16.9. The van der Waals surface area contributed by atoms with Crippen LogP contribution in [0.4, 0.5) is 0 Å². The van der Waals surface area contributed by atoms with E-state index >= 15 is 0 Å². The van der Waals surface area contributed by atoms with E-state index in [1.54, 1.807) is 12.1 Å². The zero-order valence-corrected chi connectivity index (χ0v) is 16.9. The highest BCUT2D eigenvalue weighted by Gasteiger charge is 2.26. The van der Waals surface area contributed by atoms with E-state index in [0.29, 0.717) is 38.0 Å². The number of nitrogens with zero attached hydrogens (tertiary/aromatic N) is 1. The van der Waals surface area contributed by atoms with Gasteiger partial charge in [-0.15, -0.1) is 0 Å². The van der Waals surface area contributed by atoms with Gasteiger partial charge in [0.1, 0.15) is 0 Å². The summed E-state index contributed by atoms with van der Waals surface area (Å²) < 4.78 is 0. The number of carbonyl (C=O) groups excluding carboxylic acids is 3. The molecule has 3 amide bonds. The lowest BCUT2D eigenvalue weighted by Gasteiger charge is -2.31. The van der Waals surface area contributed by atoms with Crippen molar-refractivity contribution < 1.29 is 14.4 Å². The standard InChI is InChI=1S/C22H33N3O3/c1-2-3-7-14-23-22(28)19-12-16-25(17-13-19)20(26)11-8-15-24-21(27)18-9-5-4-6-10-18/h4-6,9-10,19H,2-3,7-8,11-17H2,1H3,(H,23,28)(H,24,27). The molecule has 0 bridgehead atoms. The fourth-order valence-electron chi connectivity index (χ4n) is 3.41. The second-order valence-corrected chi connectivity index (χ2v) is 7.38. The van der Waals surface area contributed by atoms with Crippen molar-refractivity contribution in [3.05, 3.63) is 35.9 Å². The summed E-state index contributed by atoms with van der Waals surface area (Å²) in [6, 6.07) is 9.06. The summed E-state index contributed by atoms with van der Waals surface area (Å²) in [5, 5.41) is 5.86. The minimum absolute atomic E-state index is 0.0239. The van der Waals surface area contributed by atoms with E-state index in [0.717, 1.165) is 38.6 Å². The highest BCUT2D eigenvalue weighted by atomic mass is 16.2. The summed E-state index contributed by atoms with van der Waals surface area (Å²) in [5.74, 6) is 0.150. The fraction of sp³-hybridized carbons (Fsp3) is 0.591. The van der Waals surface area contributed by atoms with Crippen molar-refractivity contribution in [1.29, 1.82) is 0 Å². The number of amides is 3. The molecule has 0 aliphatic carbocycles. The van der Waals surface area contributed by atoms with Gasteiger partial charge in [0.05, 0.1) is 0 Å². The molecule has 1 aromatic rings. The molecule has 0 atom stereocenters. The van der Waals surface area contributed by atoms with E-state index in [1.807, 2.05) is 23.1 Å². The molecular weight excluding hydrogens is 354 g/mol. The molecule has 28 heavy (non-hydrogen) atoms. The highest BCUT2D eigenvalue weighted by Crippen LogP contribution is 2.18. The molecule has 154 valence electrons. The van der Waals surface area contributed by atoms with Crippen LogP contribution in [0.1, 0.15) is 62.2 Å². The Hall–Kier alpha value is -2.37. The molecular formula is C22H33N3O3. The first-order valence-corrected chi connectivity index (χ1v) is 10.5. The second-order valence-electron chi connectivity index (χ2n) is 7.38. The third-order valence-electron chi connectivity index (χ3n) is 5.19. The maximum absolute atomic E-state index is 12.3. The minimum Gasteiger partial charge on any atom is -0.356 e. The Balaban J connectivity index is 1.59. The van der Waals surface area contributed by atoms with Crippen molar-refractivity contribution in [2.75, 3.05) is 26.2 Å². The Kier molecular flexibility index (Phi) is 9.52. The largest absolute Gasteiger partial charge is 0.356 e. The van der Waals surface area contributed by atoms with Gasteiger partial charge in [0, 0.05) is 44.1 Å². The predicted octanol–water partition coefficient (Wildman–Crippen LogP) is 2.74. The van der Waals surface area contributed by atoms with Crippen LogP contribution in [-0.4, -0.2) is 48.8 Å². The molecule has 0 unspecified atom stereocenters. The number of benzene rings is 1. The molecule has 2 N–H and O–H groups in total.